The summed E-state index contributed by atoms with van der Waals surface area (Å²) in [6.45, 7) is 16.3. The number of rotatable bonds is 2. The third-order valence-electron chi connectivity index (χ3n) is 9.84. The topological polar surface area (TPSA) is 36.9 Å². The first-order chi connectivity index (χ1) is 20.6. The Morgan fingerprint density at radius 1 is 0.465 bits per heavy atom. The fourth-order valence-corrected chi connectivity index (χ4v) is 7.59. The van der Waals surface area contributed by atoms with E-state index in [0.29, 0.717) is 26.4 Å². The van der Waals surface area contributed by atoms with Crippen LogP contribution in [0.4, 0.5) is 0 Å². The van der Waals surface area contributed by atoms with Crippen molar-refractivity contribution in [1.82, 2.24) is 0 Å². The smallest absolute Gasteiger partial charge is 0.405 e. The largest absolute Gasteiger partial charge is 0.494 e. The van der Waals surface area contributed by atoms with Gasteiger partial charge in [-0.2, -0.15) is 0 Å². The first-order valence-corrected chi connectivity index (χ1v) is 15.6. The van der Waals surface area contributed by atoms with Crippen LogP contribution in [0.3, 0.4) is 0 Å². The van der Waals surface area contributed by atoms with Crippen LogP contribution in [-0.2, 0) is 34.9 Å². The SMILES string of the molecule is CC(C)(C)c1ccc2c(c1)C1(c3cc(B4OCCO4)ccc3-c3ccc(B4OCCO4)cc31)c1cc(C(C)(C)C)ccc1-2. The molecule has 4 aliphatic rings. The van der Waals surface area contributed by atoms with E-state index in [9.17, 15) is 0 Å². The summed E-state index contributed by atoms with van der Waals surface area (Å²) < 4.78 is 24.1. The first kappa shape index (κ1) is 27.4. The molecule has 0 aromatic heterocycles. The lowest BCUT2D eigenvalue weighted by molar-refractivity contribution is 0.365. The summed E-state index contributed by atoms with van der Waals surface area (Å²) in [5, 5.41) is 0. The van der Waals surface area contributed by atoms with Gasteiger partial charge in [0, 0.05) is 0 Å². The van der Waals surface area contributed by atoms with Gasteiger partial charge >= 0.3 is 14.2 Å². The fraction of sp³-hybridized carbons (Fsp3) is 0.351. The zero-order valence-electron chi connectivity index (χ0n) is 26.0. The average Bonchev–Trinajstić information content (AvgIpc) is 3.79. The quantitative estimate of drug-likeness (QED) is 0.237. The van der Waals surface area contributed by atoms with E-state index in [-0.39, 0.29) is 25.1 Å². The van der Waals surface area contributed by atoms with Crippen LogP contribution >= 0.6 is 0 Å². The molecule has 4 aromatic rings. The van der Waals surface area contributed by atoms with Gasteiger partial charge in [0.1, 0.15) is 0 Å². The molecule has 4 aromatic carbocycles. The lowest BCUT2D eigenvalue weighted by atomic mass is 9.66. The molecule has 0 radical (unpaired) electrons. The van der Waals surface area contributed by atoms with E-state index in [2.05, 4.69) is 114 Å². The Balaban J connectivity index is 1.49. The molecule has 2 aliphatic heterocycles. The highest BCUT2D eigenvalue weighted by Gasteiger charge is 2.53. The van der Waals surface area contributed by atoms with Gasteiger partial charge in [-0.25, -0.2) is 0 Å². The number of hydrogen-bond acceptors (Lipinski definition) is 4. The van der Waals surface area contributed by atoms with Gasteiger partial charge < -0.3 is 18.6 Å². The van der Waals surface area contributed by atoms with Gasteiger partial charge in [-0.15, -0.1) is 0 Å². The normalized spacial score (nSPS) is 18.3. The van der Waals surface area contributed by atoms with E-state index in [0.717, 1.165) is 10.9 Å². The van der Waals surface area contributed by atoms with Crippen molar-refractivity contribution < 1.29 is 18.6 Å². The van der Waals surface area contributed by atoms with Crippen molar-refractivity contribution in [3.05, 3.63) is 106 Å². The monoisotopic (exact) mass is 568 g/mol. The molecular formula is C37H38B2O4. The maximum absolute atomic E-state index is 6.02. The lowest BCUT2D eigenvalue weighted by Gasteiger charge is -2.33. The van der Waals surface area contributed by atoms with Crippen molar-refractivity contribution in [2.24, 2.45) is 0 Å². The van der Waals surface area contributed by atoms with Crippen molar-refractivity contribution in [2.75, 3.05) is 26.4 Å². The Hall–Kier alpha value is -3.15. The van der Waals surface area contributed by atoms with Crippen molar-refractivity contribution in [1.29, 1.82) is 0 Å². The molecule has 2 aliphatic carbocycles. The second-order valence-electron chi connectivity index (χ2n) is 14.5. The third-order valence-corrected chi connectivity index (χ3v) is 9.84. The van der Waals surface area contributed by atoms with E-state index >= 15 is 0 Å². The molecule has 2 fully saturated rings. The molecule has 0 saturated carbocycles. The van der Waals surface area contributed by atoms with Gasteiger partial charge in [-0.05, 0) is 77.4 Å². The second-order valence-corrected chi connectivity index (χ2v) is 14.5. The summed E-state index contributed by atoms with van der Waals surface area (Å²) in [5.41, 5.74) is 14.7. The molecule has 1 spiro atoms. The molecule has 4 nitrogen and oxygen atoms in total. The molecule has 0 atom stereocenters. The maximum atomic E-state index is 6.02. The number of fused-ring (bicyclic) bond motifs is 10. The molecule has 0 bridgehead atoms. The Labute approximate surface area is 256 Å². The van der Waals surface area contributed by atoms with Crippen molar-refractivity contribution >= 4 is 25.2 Å². The molecule has 216 valence electrons. The predicted octanol–water partition coefficient (Wildman–Crippen LogP) is 6.11. The number of hydrogen-bond donors (Lipinski definition) is 0. The zero-order chi connectivity index (χ0) is 29.7. The zero-order valence-corrected chi connectivity index (χ0v) is 26.0. The molecule has 2 heterocycles. The van der Waals surface area contributed by atoms with Gasteiger partial charge in [0.2, 0.25) is 0 Å². The fourth-order valence-electron chi connectivity index (χ4n) is 7.59. The van der Waals surface area contributed by atoms with Crippen molar-refractivity contribution in [3.8, 4) is 22.3 Å². The summed E-state index contributed by atoms with van der Waals surface area (Å²) in [4.78, 5) is 0. The Morgan fingerprint density at radius 3 is 1.14 bits per heavy atom. The highest BCUT2D eigenvalue weighted by Crippen LogP contribution is 2.63. The van der Waals surface area contributed by atoms with Gasteiger partial charge in [-0.3, -0.25) is 0 Å². The van der Waals surface area contributed by atoms with E-state index in [1.54, 1.807) is 0 Å². The van der Waals surface area contributed by atoms with Crippen LogP contribution in [0.5, 0.6) is 0 Å². The molecule has 6 heteroatoms. The average molecular weight is 568 g/mol. The van der Waals surface area contributed by atoms with E-state index in [4.69, 9.17) is 18.6 Å². The van der Waals surface area contributed by atoms with Crippen LogP contribution in [0.2, 0.25) is 0 Å². The van der Waals surface area contributed by atoms with Crippen molar-refractivity contribution in [2.45, 2.75) is 57.8 Å². The second kappa shape index (κ2) is 9.42. The van der Waals surface area contributed by atoms with Crippen LogP contribution in [0.1, 0.15) is 74.9 Å². The highest BCUT2D eigenvalue weighted by atomic mass is 16.6. The van der Waals surface area contributed by atoms with Gasteiger partial charge in [-0.1, -0.05) is 114 Å². The summed E-state index contributed by atoms with van der Waals surface area (Å²) in [6, 6.07) is 28.0. The Kier molecular flexibility index (Phi) is 6.01. The minimum absolute atomic E-state index is 0.00653. The first-order valence-electron chi connectivity index (χ1n) is 15.6. The standard InChI is InChI=1S/C37H38B2O4/c1-35(2,3)23-7-11-27-28-12-8-24(36(4,5)6)20-32(28)37(31(27)19-23)33-21-25(38-40-15-16-41-38)9-13-29(33)30-14-10-26(22-34(30)37)39-42-17-18-43-39/h7-14,19-22H,15-18H2,1-6H3. The van der Waals surface area contributed by atoms with Crippen molar-refractivity contribution in [3.63, 3.8) is 0 Å². The third kappa shape index (κ3) is 4.00. The Morgan fingerprint density at radius 2 is 0.791 bits per heavy atom. The molecule has 0 unspecified atom stereocenters. The molecular weight excluding hydrogens is 530 g/mol. The Bertz CT molecular complexity index is 1640. The summed E-state index contributed by atoms with van der Waals surface area (Å²) in [7, 11) is -0.687. The molecule has 2 saturated heterocycles. The van der Waals surface area contributed by atoms with Gasteiger partial charge in [0.15, 0.2) is 0 Å². The van der Waals surface area contributed by atoms with Crippen LogP contribution in [0.15, 0.2) is 72.8 Å². The van der Waals surface area contributed by atoms with Crippen LogP contribution in [0, 0.1) is 0 Å². The van der Waals surface area contributed by atoms with E-state index < -0.39 is 5.41 Å². The predicted molar refractivity (Wildman–Crippen MR) is 175 cm³/mol. The molecule has 0 N–H and O–H groups in total. The van der Waals surface area contributed by atoms with Crippen LogP contribution in [-0.4, -0.2) is 40.7 Å². The minimum atomic E-state index is -0.499. The maximum Gasteiger partial charge on any atom is 0.494 e. The van der Waals surface area contributed by atoms with Gasteiger partial charge in [0.05, 0.1) is 31.8 Å². The molecule has 0 amide bonds. The van der Waals surface area contributed by atoms with Crippen LogP contribution in [0.25, 0.3) is 22.3 Å². The summed E-state index contributed by atoms with van der Waals surface area (Å²) >= 11 is 0. The summed E-state index contributed by atoms with van der Waals surface area (Å²) in [6.07, 6.45) is 0. The molecule has 8 rings (SSSR count). The number of benzene rings is 4. The van der Waals surface area contributed by atoms with E-state index in [1.807, 2.05) is 0 Å². The van der Waals surface area contributed by atoms with E-state index in [1.165, 1.54) is 55.6 Å². The highest BCUT2D eigenvalue weighted by molar-refractivity contribution is 6.62. The lowest BCUT2D eigenvalue weighted by Crippen LogP contribution is -2.36. The van der Waals surface area contributed by atoms with Crippen LogP contribution < -0.4 is 10.9 Å². The minimum Gasteiger partial charge on any atom is -0.405 e. The molecule has 43 heavy (non-hydrogen) atoms. The van der Waals surface area contributed by atoms with Gasteiger partial charge in [0.25, 0.3) is 0 Å². The summed E-state index contributed by atoms with van der Waals surface area (Å²) in [5.74, 6) is 0.